The molecule has 36 heavy (non-hydrogen) atoms. The number of aromatic nitrogens is 2. The second kappa shape index (κ2) is 8.53. The van der Waals surface area contributed by atoms with E-state index in [-0.39, 0.29) is 17.7 Å². The Hall–Kier alpha value is -3.56. The fourth-order valence-electron chi connectivity index (χ4n) is 5.40. The minimum Gasteiger partial charge on any atom is -0.384 e. The van der Waals surface area contributed by atoms with Crippen molar-refractivity contribution in [1.82, 2.24) is 19.6 Å². The molecule has 9 nitrogen and oxygen atoms in total. The Morgan fingerprint density at radius 1 is 1.17 bits per heavy atom. The molecule has 0 radical (unpaired) electrons. The molecule has 2 unspecified atom stereocenters. The van der Waals surface area contributed by atoms with E-state index in [9.17, 15) is 14.7 Å². The quantitative estimate of drug-likeness (QED) is 0.592. The number of aliphatic imine (C=N–C) groups is 1. The van der Waals surface area contributed by atoms with Crippen LogP contribution in [0.3, 0.4) is 0 Å². The van der Waals surface area contributed by atoms with Crippen LogP contribution < -0.4 is 0 Å². The zero-order valence-corrected chi connectivity index (χ0v) is 20.4. The molecule has 6 rings (SSSR count). The standard InChI is InChI=1S/C27H29N5O4/c1-17(33)25(34)31-13-18(14-31)15-32-24(29-27(26(32)35)9-10-36-16-27)20-5-3-19(4-6-20)21-7-8-23-22(11-21)12-28-30(23)2/h3-8,11-12,17-18,33H,9-10,13-16H2,1-2H3. The van der Waals surface area contributed by atoms with Crippen molar-refractivity contribution in [2.75, 3.05) is 32.8 Å². The Morgan fingerprint density at radius 3 is 2.58 bits per heavy atom. The number of nitrogens with zero attached hydrogens (tertiary/aromatic N) is 5. The van der Waals surface area contributed by atoms with Gasteiger partial charge in [0.15, 0.2) is 5.54 Å². The highest BCUT2D eigenvalue weighted by atomic mass is 16.5. The average molecular weight is 488 g/mol. The van der Waals surface area contributed by atoms with Crippen LogP contribution >= 0.6 is 0 Å². The Kier molecular flexibility index (Phi) is 5.42. The monoisotopic (exact) mass is 487 g/mol. The van der Waals surface area contributed by atoms with E-state index < -0.39 is 11.6 Å². The number of aryl methyl sites for hydroxylation is 1. The van der Waals surface area contributed by atoms with Crippen LogP contribution in [0.1, 0.15) is 18.9 Å². The molecular formula is C27H29N5O4. The Balaban J connectivity index is 1.25. The van der Waals surface area contributed by atoms with E-state index in [0.29, 0.717) is 45.1 Å². The first-order chi connectivity index (χ1) is 17.3. The maximum atomic E-state index is 13.5. The first-order valence-electron chi connectivity index (χ1n) is 12.3. The van der Waals surface area contributed by atoms with Crippen molar-refractivity contribution in [1.29, 1.82) is 0 Å². The molecule has 1 N–H and O–H groups in total. The number of carbonyl (C=O) groups is 2. The molecule has 2 amide bonds. The van der Waals surface area contributed by atoms with Gasteiger partial charge in [-0.3, -0.25) is 19.2 Å². The van der Waals surface area contributed by atoms with Crippen LogP contribution in [0.25, 0.3) is 22.0 Å². The van der Waals surface area contributed by atoms with Gasteiger partial charge in [-0.1, -0.05) is 30.3 Å². The first-order valence-corrected chi connectivity index (χ1v) is 12.3. The SMILES string of the molecule is CC(O)C(=O)N1CC(CN2C(=O)C3(CCOC3)N=C2c2ccc(-c3ccc4c(cnn4C)c3)cc2)C1. The van der Waals surface area contributed by atoms with Crippen molar-refractivity contribution >= 4 is 28.6 Å². The second-order valence-corrected chi connectivity index (χ2v) is 10.1. The molecule has 9 heteroatoms. The number of amides is 2. The first kappa shape index (κ1) is 22.9. The van der Waals surface area contributed by atoms with Crippen LogP contribution in [0.2, 0.25) is 0 Å². The molecule has 4 heterocycles. The fourth-order valence-corrected chi connectivity index (χ4v) is 5.40. The van der Waals surface area contributed by atoms with Gasteiger partial charge in [-0.15, -0.1) is 0 Å². The van der Waals surface area contributed by atoms with E-state index in [1.165, 1.54) is 6.92 Å². The number of amidine groups is 1. The van der Waals surface area contributed by atoms with Gasteiger partial charge >= 0.3 is 0 Å². The molecular weight excluding hydrogens is 458 g/mol. The van der Waals surface area contributed by atoms with Gasteiger partial charge < -0.3 is 14.7 Å². The number of rotatable bonds is 5. The minimum atomic E-state index is -1.01. The molecule has 0 saturated carbocycles. The highest BCUT2D eigenvalue weighted by Crippen LogP contribution is 2.35. The number of fused-ring (bicyclic) bond motifs is 1. The van der Waals surface area contributed by atoms with Crippen LogP contribution in [0, 0.1) is 5.92 Å². The van der Waals surface area contributed by atoms with Crippen LogP contribution in [-0.2, 0) is 21.4 Å². The number of benzene rings is 2. The molecule has 3 aliphatic rings. The summed E-state index contributed by atoms with van der Waals surface area (Å²) in [5.41, 5.74) is 3.29. The Labute approximate surface area is 209 Å². The van der Waals surface area contributed by atoms with E-state index in [2.05, 4.69) is 35.4 Å². The lowest BCUT2D eigenvalue weighted by molar-refractivity contribution is -0.146. The molecule has 2 fully saturated rings. The zero-order chi connectivity index (χ0) is 25.0. The molecule has 2 atom stereocenters. The van der Waals surface area contributed by atoms with Gasteiger partial charge in [0.2, 0.25) is 0 Å². The van der Waals surface area contributed by atoms with Crippen LogP contribution in [0.15, 0.2) is 53.7 Å². The highest BCUT2D eigenvalue weighted by Gasteiger charge is 2.52. The summed E-state index contributed by atoms with van der Waals surface area (Å²) in [5, 5.41) is 15.0. The van der Waals surface area contributed by atoms with Crippen molar-refractivity contribution in [2.24, 2.45) is 18.0 Å². The van der Waals surface area contributed by atoms with Gasteiger partial charge in [-0.05, 0) is 30.2 Å². The van der Waals surface area contributed by atoms with Crippen molar-refractivity contribution in [3.63, 3.8) is 0 Å². The number of hydrogen-bond donors (Lipinski definition) is 1. The van der Waals surface area contributed by atoms with E-state index in [1.807, 2.05) is 30.1 Å². The van der Waals surface area contributed by atoms with Gasteiger partial charge in [0.1, 0.15) is 11.9 Å². The molecule has 2 aromatic carbocycles. The summed E-state index contributed by atoms with van der Waals surface area (Å²) in [5.74, 6) is 0.514. The molecule has 3 aromatic rings. The summed E-state index contributed by atoms with van der Waals surface area (Å²) in [7, 11) is 1.93. The molecule has 1 aromatic heterocycles. The smallest absolute Gasteiger partial charge is 0.258 e. The fraction of sp³-hybridized carbons (Fsp3) is 0.407. The van der Waals surface area contributed by atoms with Crippen LogP contribution in [0.5, 0.6) is 0 Å². The number of aliphatic hydroxyl groups excluding tert-OH is 1. The largest absolute Gasteiger partial charge is 0.384 e. The highest BCUT2D eigenvalue weighted by molar-refractivity contribution is 6.15. The second-order valence-electron chi connectivity index (χ2n) is 10.1. The summed E-state index contributed by atoms with van der Waals surface area (Å²) >= 11 is 0. The summed E-state index contributed by atoms with van der Waals surface area (Å²) < 4.78 is 7.43. The number of carbonyl (C=O) groups excluding carboxylic acids is 2. The normalized spacial score (nSPS) is 23.0. The third-order valence-electron chi connectivity index (χ3n) is 7.51. The molecule has 0 aliphatic carbocycles. The topological polar surface area (TPSA) is 100 Å². The zero-order valence-electron chi connectivity index (χ0n) is 20.4. The lowest BCUT2D eigenvalue weighted by Crippen LogP contribution is -2.57. The lowest BCUT2D eigenvalue weighted by Gasteiger charge is -2.41. The van der Waals surface area contributed by atoms with E-state index in [0.717, 1.165) is 27.6 Å². The molecule has 3 aliphatic heterocycles. The van der Waals surface area contributed by atoms with Gasteiger partial charge in [-0.25, -0.2) is 4.99 Å². The Morgan fingerprint density at radius 2 is 1.89 bits per heavy atom. The van der Waals surface area contributed by atoms with Crippen LogP contribution in [-0.4, -0.2) is 86.8 Å². The maximum Gasteiger partial charge on any atom is 0.258 e. The van der Waals surface area contributed by atoms with Gasteiger partial charge in [0.25, 0.3) is 11.8 Å². The maximum absolute atomic E-state index is 13.5. The Bertz CT molecular complexity index is 1360. The summed E-state index contributed by atoms with van der Waals surface area (Å²) in [6.45, 7) is 3.84. The van der Waals surface area contributed by atoms with Gasteiger partial charge in [-0.2, -0.15) is 5.10 Å². The predicted octanol–water partition coefficient (Wildman–Crippen LogP) is 1.83. The third kappa shape index (κ3) is 3.70. The van der Waals surface area contributed by atoms with E-state index >= 15 is 0 Å². The summed E-state index contributed by atoms with van der Waals surface area (Å²) in [4.78, 5) is 33.9. The van der Waals surface area contributed by atoms with Gasteiger partial charge in [0.05, 0.1) is 18.3 Å². The van der Waals surface area contributed by atoms with Crippen molar-refractivity contribution in [2.45, 2.75) is 25.0 Å². The predicted molar refractivity (Wildman–Crippen MR) is 134 cm³/mol. The third-order valence-corrected chi connectivity index (χ3v) is 7.51. The van der Waals surface area contributed by atoms with E-state index in [4.69, 9.17) is 9.73 Å². The molecule has 186 valence electrons. The van der Waals surface area contributed by atoms with Crippen molar-refractivity contribution < 1.29 is 19.4 Å². The van der Waals surface area contributed by atoms with Crippen molar-refractivity contribution in [3.8, 4) is 11.1 Å². The minimum absolute atomic E-state index is 0.0265. The number of likely N-dealkylation sites (tertiary alicyclic amines) is 1. The number of hydrogen-bond acceptors (Lipinski definition) is 6. The number of ether oxygens (including phenoxy) is 1. The molecule has 2 saturated heterocycles. The molecule has 1 spiro atoms. The summed E-state index contributed by atoms with van der Waals surface area (Å²) in [6.07, 6.45) is 1.43. The van der Waals surface area contributed by atoms with Crippen molar-refractivity contribution in [3.05, 3.63) is 54.2 Å². The van der Waals surface area contributed by atoms with E-state index in [1.54, 1.807) is 9.80 Å². The van der Waals surface area contributed by atoms with Crippen LogP contribution in [0.4, 0.5) is 0 Å². The average Bonchev–Trinajstić information content (AvgIpc) is 3.55. The van der Waals surface area contributed by atoms with Gasteiger partial charge in [0, 0.05) is 56.6 Å². The summed E-state index contributed by atoms with van der Waals surface area (Å²) in [6, 6.07) is 14.4. The number of aliphatic hydroxyl groups is 1. The lowest BCUT2D eigenvalue weighted by atomic mass is 9.96. The molecule has 0 bridgehead atoms.